The van der Waals surface area contributed by atoms with Gasteiger partial charge in [-0.15, -0.1) is 0 Å². The summed E-state index contributed by atoms with van der Waals surface area (Å²) in [5.41, 5.74) is 0.800. The smallest absolute Gasteiger partial charge is 0.338 e. The number of carbonyl (C=O) groups is 2. The summed E-state index contributed by atoms with van der Waals surface area (Å²) in [6.07, 6.45) is 0. The number of sulfonamides is 1. The number of carbonyl (C=O) groups excluding carboxylic acids is 2. The number of esters is 1. The lowest BCUT2D eigenvalue weighted by Gasteiger charge is -2.13. The number of rotatable bonds is 7. The van der Waals surface area contributed by atoms with Gasteiger partial charge in [-0.25, -0.2) is 13.2 Å². The van der Waals surface area contributed by atoms with Crippen molar-refractivity contribution < 1.29 is 27.5 Å². The number of hydrogen-bond acceptors (Lipinski definition) is 6. The van der Waals surface area contributed by atoms with Gasteiger partial charge in [0.2, 0.25) is 5.91 Å². The zero-order chi connectivity index (χ0) is 20.0. The number of hydrogen-bond donors (Lipinski definition) is 2. The Balaban J connectivity index is 2.30. The minimum atomic E-state index is -3.94. The molecule has 0 aliphatic rings. The average Bonchev–Trinajstić information content (AvgIpc) is 2.61. The Labute approximate surface area is 157 Å². The number of ether oxygens (including phenoxy) is 2. The highest BCUT2D eigenvalue weighted by Gasteiger charge is 2.18. The van der Waals surface area contributed by atoms with E-state index in [1.54, 1.807) is 13.0 Å². The number of benzene rings is 2. The van der Waals surface area contributed by atoms with Crippen LogP contribution in [0.15, 0.2) is 47.4 Å². The molecule has 0 heterocycles. The molecule has 0 bridgehead atoms. The van der Waals surface area contributed by atoms with Crippen molar-refractivity contribution in [1.82, 2.24) is 0 Å². The van der Waals surface area contributed by atoms with Gasteiger partial charge in [-0.2, -0.15) is 0 Å². The lowest BCUT2D eigenvalue weighted by molar-refractivity contribution is -0.114. The molecule has 0 saturated heterocycles. The second-order valence-corrected chi connectivity index (χ2v) is 7.13. The number of anilines is 2. The minimum Gasteiger partial charge on any atom is -0.495 e. The molecule has 9 heteroatoms. The van der Waals surface area contributed by atoms with E-state index in [0.717, 1.165) is 0 Å². The summed E-state index contributed by atoms with van der Waals surface area (Å²) in [5, 5.41) is 2.55. The fourth-order valence-electron chi connectivity index (χ4n) is 2.27. The van der Waals surface area contributed by atoms with Gasteiger partial charge in [0.1, 0.15) is 5.75 Å². The lowest BCUT2D eigenvalue weighted by atomic mass is 10.2. The third-order valence-electron chi connectivity index (χ3n) is 3.42. The summed E-state index contributed by atoms with van der Waals surface area (Å²) >= 11 is 0. The van der Waals surface area contributed by atoms with Crippen molar-refractivity contribution in [2.24, 2.45) is 0 Å². The third kappa shape index (κ3) is 5.20. The molecule has 0 spiro atoms. The van der Waals surface area contributed by atoms with Crippen LogP contribution in [0.4, 0.5) is 11.4 Å². The van der Waals surface area contributed by atoms with Crippen LogP contribution in [-0.2, 0) is 19.6 Å². The molecule has 0 aliphatic heterocycles. The highest BCUT2D eigenvalue weighted by Crippen LogP contribution is 2.28. The molecular weight excluding hydrogens is 372 g/mol. The summed E-state index contributed by atoms with van der Waals surface area (Å²) in [6.45, 7) is 3.24. The van der Waals surface area contributed by atoms with Gasteiger partial charge in [0.25, 0.3) is 10.0 Å². The largest absolute Gasteiger partial charge is 0.495 e. The Morgan fingerprint density at radius 1 is 1.11 bits per heavy atom. The van der Waals surface area contributed by atoms with E-state index in [9.17, 15) is 18.0 Å². The van der Waals surface area contributed by atoms with E-state index in [2.05, 4.69) is 10.0 Å². The van der Waals surface area contributed by atoms with Crippen LogP contribution in [0.5, 0.6) is 5.75 Å². The molecule has 0 aliphatic carbocycles. The van der Waals surface area contributed by atoms with Crippen LogP contribution in [0.1, 0.15) is 24.2 Å². The molecule has 27 heavy (non-hydrogen) atoms. The summed E-state index contributed by atoms with van der Waals surface area (Å²) in [6, 6.07) is 10.0. The minimum absolute atomic E-state index is 0.0602. The van der Waals surface area contributed by atoms with E-state index < -0.39 is 16.0 Å². The van der Waals surface area contributed by atoms with Crippen LogP contribution >= 0.6 is 0 Å². The summed E-state index contributed by atoms with van der Waals surface area (Å²) < 4.78 is 37.7. The van der Waals surface area contributed by atoms with Gasteiger partial charge in [-0.05, 0) is 37.3 Å². The molecule has 144 valence electrons. The van der Waals surface area contributed by atoms with E-state index in [0.29, 0.717) is 5.69 Å². The first kappa shape index (κ1) is 20.2. The molecule has 1 amide bonds. The number of nitrogens with one attached hydrogen (secondary N) is 2. The number of amides is 1. The molecule has 2 aromatic rings. The fraction of sp³-hybridized carbons (Fsp3) is 0.222. The summed E-state index contributed by atoms with van der Waals surface area (Å²) in [4.78, 5) is 22.9. The maximum atomic E-state index is 12.6. The molecule has 0 aromatic heterocycles. The molecule has 8 nitrogen and oxygen atoms in total. The molecule has 2 N–H and O–H groups in total. The van der Waals surface area contributed by atoms with Crippen LogP contribution in [0, 0.1) is 0 Å². The second-order valence-electron chi connectivity index (χ2n) is 5.45. The van der Waals surface area contributed by atoms with Gasteiger partial charge in [0.15, 0.2) is 0 Å². The third-order valence-corrected chi connectivity index (χ3v) is 4.80. The van der Waals surface area contributed by atoms with Crippen molar-refractivity contribution in [3.8, 4) is 5.75 Å². The van der Waals surface area contributed by atoms with Crippen LogP contribution in [-0.4, -0.2) is 34.0 Å². The standard InChI is InChI=1S/C18H20N2O6S/c1-4-26-18(22)13-6-5-7-14(10-13)20-27(23,24)15-8-9-16(19-12(2)21)17(11-15)25-3/h5-11,20H,4H2,1-3H3,(H,19,21). The van der Waals surface area contributed by atoms with Gasteiger partial charge >= 0.3 is 5.97 Å². The zero-order valence-corrected chi connectivity index (χ0v) is 15.9. The predicted molar refractivity (Wildman–Crippen MR) is 101 cm³/mol. The molecule has 0 radical (unpaired) electrons. The zero-order valence-electron chi connectivity index (χ0n) is 15.1. The van der Waals surface area contributed by atoms with Gasteiger partial charge < -0.3 is 14.8 Å². The van der Waals surface area contributed by atoms with Gasteiger partial charge in [-0.3, -0.25) is 9.52 Å². The van der Waals surface area contributed by atoms with Crippen LogP contribution in [0.25, 0.3) is 0 Å². The molecule has 0 saturated carbocycles. The van der Waals surface area contributed by atoms with E-state index in [1.165, 1.54) is 50.4 Å². The maximum Gasteiger partial charge on any atom is 0.338 e. The Hall–Kier alpha value is -3.07. The van der Waals surface area contributed by atoms with Crippen molar-refractivity contribution in [2.75, 3.05) is 23.8 Å². The van der Waals surface area contributed by atoms with E-state index in [-0.39, 0.29) is 34.4 Å². The van der Waals surface area contributed by atoms with Crippen molar-refractivity contribution in [3.05, 3.63) is 48.0 Å². The molecule has 0 fully saturated rings. The first-order chi connectivity index (χ1) is 12.8. The molecular formula is C18H20N2O6S. The first-order valence-corrected chi connectivity index (χ1v) is 9.50. The monoisotopic (exact) mass is 392 g/mol. The quantitative estimate of drug-likeness (QED) is 0.701. The van der Waals surface area contributed by atoms with E-state index in [1.807, 2.05) is 0 Å². The maximum absolute atomic E-state index is 12.6. The molecule has 2 rings (SSSR count). The Morgan fingerprint density at radius 3 is 2.48 bits per heavy atom. The summed E-state index contributed by atoms with van der Waals surface area (Å²) in [5.74, 6) is -0.647. The Morgan fingerprint density at radius 2 is 1.85 bits per heavy atom. The van der Waals surface area contributed by atoms with Crippen LogP contribution in [0.3, 0.4) is 0 Å². The Kier molecular flexibility index (Phi) is 6.40. The summed E-state index contributed by atoms with van der Waals surface area (Å²) in [7, 11) is -2.57. The first-order valence-electron chi connectivity index (χ1n) is 8.02. The van der Waals surface area contributed by atoms with Crippen molar-refractivity contribution >= 4 is 33.3 Å². The van der Waals surface area contributed by atoms with Gasteiger partial charge in [0.05, 0.1) is 29.9 Å². The molecule has 2 aromatic carbocycles. The SMILES string of the molecule is CCOC(=O)c1cccc(NS(=O)(=O)c2ccc(NC(C)=O)c(OC)c2)c1. The van der Waals surface area contributed by atoms with Crippen molar-refractivity contribution in [3.63, 3.8) is 0 Å². The fourth-order valence-corrected chi connectivity index (χ4v) is 3.33. The van der Waals surface area contributed by atoms with Gasteiger partial charge in [0, 0.05) is 18.7 Å². The van der Waals surface area contributed by atoms with E-state index >= 15 is 0 Å². The molecule has 0 atom stereocenters. The highest BCUT2D eigenvalue weighted by atomic mass is 32.2. The molecule has 0 unspecified atom stereocenters. The average molecular weight is 392 g/mol. The van der Waals surface area contributed by atoms with E-state index in [4.69, 9.17) is 9.47 Å². The predicted octanol–water partition coefficient (Wildman–Crippen LogP) is 2.63. The van der Waals surface area contributed by atoms with Crippen molar-refractivity contribution in [2.45, 2.75) is 18.7 Å². The number of methoxy groups -OCH3 is 1. The lowest BCUT2D eigenvalue weighted by Crippen LogP contribution is -2.14. The van der Waals surface area contributed by atoms with Crippen LogP contribution < -0.4 is 14.8 Å². The normalized spacial score (nSPS) is 10.8. The van der Waals surface area contributed by atoms with Crippen LogP contribution in [0.2, 0.25) is 0 Å². The van der Waals surface area contributed by atoms with Gasteiger partial charge in [-0.1, -0.05) is 6.07 Å². The highest BCUT2D eigenvalue weighted by molar-refractivity contribution is 7.92. The second kappa shape index (κ2) is 8.54. The Bertz CT molecular complexity index is 956. The topological polar surface area (TPSA) is 111 Å². The van der Waals surface area contributed by atoms with Crippen molar-refractivity contribution in [1.29, 1.82) is 0 Å².